The third-order valence-electron chi connectivity index (χ3n) is 6.04. The van der Waals surface area contributed by atoms with E-state index >= 15 is 0 Å². The van der Waals surface area contributed by atoms with Crippen molar-refractivity contribution in [3.63, 3.8) is 0 Å². The molecule has 0 N–H and O–H groups in total. The summed E-state index contributed by atoms with van der Waals surface area (Å²) in [5.41, 5.74) is 3.93. The van der Waals surface area contributed by atoms with Crippen LogP contribution in [0.1, 0.15) is 124 Å². The van der Waals surface area contributed by atoms with Crippen molar-refractivity contribution in [1.29, 1.82) is 0 Å². The molecular formula is C31H62N4O. The summed E-state index contributed by atoms with van der Waals surface area (Å²) in [5.74, 6) is 1.67. The van der Waals surface area contributed by atoms with Crippen molar-refractivity contribution < 1.29 is 4.79 Å². The molecule has 0 unspecified atom stereocenters. The van der Waals surface area contributed by atoms with E-state index in [0.29, 0.717) is 5.92 Å². The highest BCUT2D eigenvalue weighted by atomic mass is 16.1. The van der Waals surface area contributed by atoms with Gasteiger partial charge < -0.3 is 9.80 Å². The van der Waals surface area contributed by atoms with Crippen LogP contribution >= 0.6 is 0 Å². The monoisotopic (exact) mass is 506 g/mol. The molecule has 0 aromatic carbocycles. The van der Waals surface area contributed by atoms with Gasteiger partial charge in [0.05, 0.1) is 5.69 Å². The standard InChI is InChI=1S/C15H32N2.C11H18N2O.C5H12/c1-7-9-16(10-8-2)11-12-17(15(5)6)13-14(3)4;1-7-9(8(2)14)13(6)12-10(7)11(3,4)5;1-4-5(2)3/h14H,5,7-13H2,1-4,6H3;1-6H3;5H,4H2,1-3H3. The summed E-state index contributed by atoms with van der Waals surface area (Å²) < 4.78 is 1.68. The highest BCUT2D eigenvalue weighted by Crippen LogP contribution is 2.26. The van der Waals surface area contributed by atoms with E-state index in [2.05, 4.69) is 97.6 Å². The molecule has 1 aromatic heterocycles. The molecule has 1 rings (SSSR count). The summed E-state index contributed by atoms with van der Waals surface area (Å²) >= 11 is 0. The van der Waals surface area contributed by atoms with Gasteiger partial charge in [0.1, 0.15) is 5.69 Å². The first-order valence-electron chi connectivity index (χ1n) is 14.2. The van der Waals surface area contributed by atoms with Crippen LogP contribution in [-0.4, -0.2) is 58.1 Å². The molecule has 5 heteroatoms. The van der Waals surface area contributed by atoms with Crippen LogP contribution in [0.15, 0.2) is 12.3 Å². The van der Waals surface area contributed by atoms with Crippen molar-refractivity contribution >= 4 is 5.78 Å². The predicted molar refractivity (Wildman–Crippen MR) is 160 cm³/mol. The molecule has 36 heavy (non-hydrogen) atoms. The third kappa shape index (κ3) is 15.5. The summed E-state index contributed by atoms with van der Waals surface area (Å²) in [4.78, 5) is 16.4. The van der Waals surface area contributed by atoms with E-state index in [4.69, 9.17) is 0 Å². The minimum Gasteiger partial charge on any atom is -0.374 e. The zero-order chi connectivity index (χ0) is 28.6. The summed E-state index contributed by atoms with van der Waals surface area (Å²) in [6.45, 7) is 37.6. The van der Waals surface area contributed by atoms with Crippen molar-refractivity contribution in [3.8, 4) is 0 Å². The first-order chi connectivity index (χ1) is 16.5. The quantitative estimate of drug-likeness (QED) is 0.270. The van der Waals surface area contributed by atoms with Crippen molar-refractivity contribution in [3.05, 3.63) is 29.2 Å². The molecular weight excluding hydrogens is 444 g/mol. The molecule has 0 fully saturated rings. The molecule has 5 nitrogen and oxygen atoms in total. The Balaban J connectivity index is 0. The van der Waals surface area contributed by atoms with Crippen LogP contribution in [0.4, 0.5) is 0 Å². The van der Waals surface area contributed by atoms with Crippen LogP contribution in [-0.2, 0) is 12.5 Å². The average molecular weight is 507 g/mol. The summed E-state index contributed by atoms with van der Waals surface area (Å²) in [5, 5.41) is 4.40. The molecule has 0 aliphatic heterocycles. The number of carbonyl (C=O) groups is 1. The number of Topliss-reactive ketones (excluding diaryl/α,β-unsaturated/α-hetero) is 1. The number of aromatic nitrogens is 2. The zero-order valence-corrected chi connectivity index (χ0v) is 26.7. The fourth-order valence-electron chi connectivity index (χ4n) is 3.94. The van der Waals surface area contributed by atoms with E-state index < -0.39 is 0 Å². The second-order valence-electron chi connectivity index (χ2n) is 12.0. The van der Waals surface area contributed by atoms with E-state index in [1.165, 1.54) is 44.6 Å². The molecule has 1 aromatic rings. The highest BCUT2D eigenvalue weighted by Gasteiger charge is 2.24. The van der Waals surface area contributed by atoms with Gasteiger partial charge in [-0.05, 0) is 51.6 Å². The molecule has 212 valence electrons. The fraction of sp³-hybridized carbons (Fsp3) is 0.806. The predicted octanol–water partition coefficient (Wildman–Crippen LogP) is 7.88. The minimum absolute atomic E-state index is 0.00442. The number of ketones is 1. The highest BCUT2D eigenvalue weighted by molar-refractivity contribution is 5.94. The molecule has 0 aliphatic rings. The van der Waals surface area contributed by atoms with E-state index in [1.54, 1.807) is 11.6 Å². The van der Waals surface area contributed by atoms with Crippen molar-refractivity contribution in [2.45, 2.75) is 115 Å². The lowest BCUT2D eigenvalue weighted by Crippen LogP contribution is -2.36. The Morgan fingerprint density at radius 3 is 1.67 bits per heavy atom. The number of hydrogen-bond acceptors (Lipinski definition) is 4. The van der Waals surface area contributed by atoms with Crippen molar-refractivity contribution in [1.82, 2.24) is 19.6 Å². The third-order valence-corrected chi connectivity index (χ3v) is 6.04. The maximum atomic E-state index is 11.4. The van der Waals surface area contributed by atoms with Gasteiger partial charge in [0.2, 0.25) is 0 Å². The number of hydrogen-bond donors (Lipinski definition) is 0. The Morgan fingerprint density at radius 2 is 1.42 bits per heavy atom. The molecule has 0 radical (unpaired) electrons. The number of allylic oxidation sites excluding steroid dienone is 1. The normalized spacial score (nSPS) is 11.2. The van der Waals surface area contributed by atoms with Crippen LogP contribution in [0, 0.1) is 18.8 Å². The number of nitrogens with zero attached hydrogens (tertiary/aromatic N) is 4. The van der Waals surface area contributed by atoms with Crippen molar-refractivity contribution in [2.24, 2.45) is 18.9 Å². The van der Waals surface area contributed by atoms with Crippen LogP contribution in [0.3, 0.4) is 0 Å². The molecule has 0 amide bonds. The molecule has 0 aliphatic carbocycles. The summed E-state index contributed by atoms with van der Waals surface area (Å²) in [6, 6.07) is 0. The van der Waals surface area contributed by atoms with Gasteiger partial charge in [0.15, 0.2) is 5.78 Å². The second kappa shape index (κ2) is 18.6. The van der Waals surface area contributed by atoms with Gasteiger partial charge in [0.25, 0.3) is 0 Å². The maximum absolute atomic E-state index is 11.4. The Bertz CT molecular complexity index is 734. The number of rotatable bonds is 12. The van der Waals surface area contributed by atoms with E-state index in [0.717, 1.165) is 36.0 Å². The molecule has 0 saturated carbocycles. The van der Waals surface area contributed by atoms with Crippen LogP contribution in [0.2, 0.25) is 0 Å². The topological polar surface area (TPSA) is 41.4 Å². The van der Waals surface area contributed by atoms with Crippen LogP contribution in [0.5, 0.6) is 0 Å². The van der Waals surface area contributed by atoms with Crippen LogP contribution < -0.4 is 0 Å². The Hall–Kier alpha value is -1.62. The summed E-state index contributed by atoms with van der Waals surface area (Å²) in [7, 11) is 1.82. The molecule has 1 heterocycles. The number of carbonyl (C=O) groups excluding carboxylic acids is 1. The lowest BCUT2D eigenvalue weighted by Gasteiger charge is -2.30. The molecule has 0 atom stereocenters. The van der Waals surface area contributed by atoms with Gasteiger partial charge in [-0.3, -0.25) is 9.48 Å². The SMILES string of the molecule is C=C(C)N(CCN(CCC)CCC)CC(C)C.CC(=O)c1c(C)c(C(C)(C)C)nn1C.CCC(C)C. The van der Waals surface area contributed by atoms with Crippen molar-refractivity contribution in [2.75, 3.05) is 32.7 Å². The lowest BCUT2D eigenvalue weighted by atomic mass is 9.89. The van der Waals surface area contributed by atoms with Gasteiger partial charge >= 0.3 is 0 Å². The minimum atomic E-state index is -0.00442. The second-order valence-corrected chi connectivity index (χ2v) is 12.0. The van der Waals surface area contributed by atoms with Gasteiger partial charge in [0, 0.05) is 50.3 Å². The smallest absolute Gasteiger partial charge is 0.178 e. The van der Waals surface area contributed by atoms with Gasteiger partial charge in [-0.15, -0.1) is 0 Å². The van der Waals surface area contributed by atoms with E-state index in [1.807, 2.05) is 14.0 Å². The van der Waals surface area contributed by atoms with E-state index in [9.17, 15) is 4.79 Å². The molecule has 0 saturated heterocycles. The first kappa shape index (κ1) is 36.5. The fourth-order valence-corrected chi connectivity index (χ4v) is 3.94. The average Bonchev–Trinajstić information content (AvgIpc) is 3.06. The zero-order valence-electron chi connectivity index (χ0n) is 26.7. The first-order valence-corrected chi connectivity index (χ1v) is 14.2. The Morgan fingerprint density at radius 1 is 0.944 bits per heavy atom. The summed E-state index contributed by atoms with van der Waals surface area (Å²) in [6.07, 6.45) is 3.80. The lowest BCUT2D eigenvalue weighted by molar-refractivity contribution is 0.100. The van der Waals surface area contributed by atoms with E-state index in [-0.39, 0.29) is 11.2 Å². The Labute approximate surface area is 225 Å². The Kier molecular flexibility index (Phi) is 18.9. The van der Waals surface area contributed by atoms with Gasteiger partial charge in [-0.2, -0.15) is 5.10 Å². The van der Waals surface area contributed by atoms with Crippen LogP contribution in [0.25, 0.3) is 0 Å². The molecule has 0 bridgehead atoms. The van der Waals surface area contributed by atoms with Gasteiger partial charge in [-0.1, -0.05) is 82.2 Å². The van der Waals surface area contributed by atoms with Gasteiger partial charge in [-0.25, -0.2) is 0 Å². The molecule has 0 spiro atoms. The number of aryl methyl sites for hydroxylation is 1. The maximum Gasteiger partial charge on any atom is 0.178 e. The largest absolute Gasteiger partial charge is 0.374 e.